The lowest BCUT2D eigenvalue weighted by Crippen LogP contribution is -2.59. The summed E-state index contributed by atoms with van der Waals surface area (Å²) in [6.45, 7) is 1.72. The quantitative estimate of drug-likeness (QED) is 0.206. The van der Waals surface area contributed by atoms with E-state index in [1.165, 1.54) is 13.8 Å². The molecule has 26 heavy (non-hydrogen) atoms. The van der Waals surface area contributed by atoms with Gasteiger partial charge in [-0.1, -0.05) is 13.8 Å². The van der Waals surface area contributed by atoms with Crippen LogP contribution >= 0.6 is 0 Å². The number of nitrogens with one attached hydrogen (secondary N) is 1. The van der Waals surface area contributed by atoms with Gasteiger partial charge in [-0.15, -0.1) is 0 Å². The molecule has 0 saturated carbocycles. The summed E-state index contributed by atoms with van der Waals surface area (Å²) in [6, 6.07) is 0. The third-order valence-electron chi connectivity index (χ3n) is 4.12. The fourth-order valence-corrected chi connectivity index (χ4v) is 2.18. The SMILES string of the molecule is CC(C)(CO)[C@@H](O)C(=O)NCCC(=O)OC1O[C@H](CO)[C@@H](O)[C@H](O)[C@H]1O. The van der Waals surface area contributed by atoms with Gasteiger partial charge in [0, 0.05) is 12.0 Å². The van der Waals surface area contributed by atoms with Gasteiger partial charge in [0.1, 0.15) is 30.5 Å². The molecule has 1 unspecified atom stereocenters. The number of carbonyl (C=O) groups is 2. The van der Waals surface area contributed by atoms with E-state index in [1.54, 1.807) is 0 Å². The van der Waals surface area contributed by atoms with Crippen LogP contribution in [-0.2, 0) is 19.1 Å². The number of esters is 1. The molecular weight excluding hydrogens is 354 g/mol. The van der Waals surface area contributed by atoms with Crippen molar-refractivity contribution in [2.24, 2.45) is 5.41 Å². The van der Waals surface area contributed by atoms with E-state index in [2.05, 4.69) is 5.32 Å². The normalized spacial score (nSPS) is 30.5. The largest absolute Gasteiger partial charge is 0.433 e. The molecule has 1 saturated heterocycles. The topological polar surface area (TPSA) is 186 Å². The van der Waals surface area contributed by atoms with E-state index in [1.807, 2.05) is 0 Å². The number of carbonyl (C=O) groups excluding carboxylic acids is 2. The van der Waals surface area contributed by atoms with Crippen LogP contribution in [-0.4, -0.2) is 99.1 Å². The van der Waals surface area contributed by atoms with Crippen molar-refractivity contribution in [1.29, 1.82) is 0 Å². The average Bonchev–Trinajstić information content (AvgIpc) is 2.61. The first-order valence-electron chi connectivity index (χ1n) is 8.11. The first-order valence-corrected chi connectivity index (χ1v) is 8.11. The molecule has 0 aromatic rings. The average molecular weight is 381 g/mol. The third kappa shape index (κ3) is 5.58. The molecule has 1 aliphatic heterocycles. The Kier molecular flexibility index (Phi) is 8.34. The highest BCUT2D eigenvalue weighted by molar-refractivity contribution is 5.81. The second-order valence-electron chi connectivity index (χ2n) is 6.78. The van der Waals surface area contributed by atoms with Gasteiger partial charge in [0.15, 0.2) is 0 Å². The number of hydrogen-bond acceptors (Lipinski definition) is 10. The summed E-state index contributed by atoms with van der Waals surface area (Å²) in [6.07, 6.45) is -9.55. The summed E-state index contributed by atoms with van der Waals surface area (Å²) in [5, 5.41) is 59.2. The molecule has 1 fully saturated rings. The molecule has 1 heterocycles. The fraction of sp³-hybridized carbons (Fsp3) is 0.867. The van der Waals surface area contributed by atoms with Crippen LogP contribution in [0.15, 0.2) is 0 Å². The summed E-state index contributed by atoms with van der Waals surface area (Å²) < 4.78 is 9.86. The molecule has 0 radical (unpaired) electrons. The van der Waals surface area contributed by atoms with Crippen LogP contribution in [0.1, 0.15) is 20.3 Å². The van der Waals surface area contributed by atoms with E-state index in [0.29, 0.717) is 0 Å². The maximum absolute atomic E-state index is 11.8. The minimum absolute atomic E-state index is 0.187. The lowest BCUT2D eigenvalue weighted by Gasteiger charge is -2.39. The van der Waals surface area contributed by atoms with Crippen LogP contribution in [0, 0.1) is 5.41 Å². The number of rotatable bonds is 8. The molecule has 152 valence electrons. The minimum atomic E-state index is -1.71. The molecule has 0 aliphatic carbocycles. The zero-order valence-electron chi connectivity index (χ0n) is 14.6. The second-order valence-corrected chi connectivity index (χ2v) is 6.78. The van der Waals surface area contributed by atoms with E-state index < -0.39 is 67.3 Å². The molecule has 7 N–H and O–H groups in total. The molecule has 1 aliphatic rings. The molecular formula is C15H27NO10. The van der Waals surface area contributed by atoms with Crippen LogP contribution in [0.25, 0.3) is 0 Å². The Morgan fingerprint density at radius 2 is 1.77 bits per heavy atom. The zero-order valence-corrected chi connectivity index (χ0v) is 14.6. The van der Waals surface area contributed by atoms with Gasteiger partial charge in [-0.3, -0.25) is 9.59 Å². The highest BCUT2D eigenvalue weighted by Crippen LogP contribution is 2.22. The number of aliphatic hydroxyl groups is 6. The summed E-state index contributed by atoms with van der Waals surface area (Å²) in [4.78, 5) is 23.5. The Hall–Kier alpha value is -1.34. The Morgan fingerprint density at radius 1 is 1.15 bits per heavy atom. The minimum Gasteiger partial charge on any atom is -0.433 e. The van der Waals surface area contributed by atoms with Crippen LogP contribution in [0.3, 0.4) is 0 Å². The maximum atomic E-state index is 11.8. The predicted octanol–water partition coefficient (Wildman–Crippen LogP) is -3.78. The highest BCUT2D eigenvalue weighted by Gasteiger charge is 2.45. The van der Waals surface area contributed by atoms with E-state index in [0.717, 1.165) is 0 Å². The van der Waals surface area contributed by atoms with Crippen molar-refractivity contribution in [2.75, 3.05) is 19.8 Å². The van der Waals surface area contributed by atoms with E-state index in [-0.39, 0.29) is 13.0 Å². The van der Waals surface area contributed by atoms with Gasteiger partial charge in [0.05, 0.1) is 19.6 Å². The van der Waals surface area contributed by atoms with E-state index >= 15 is 0 Å². The van der Waals surface area contributed by atoms with E-state index in [4.69, 9.17) is 19.7 Å². The molecule has 11 heteroatoms. The summed E-state index contributed by atoms with van der Waals surface area (Å²) >= 11 is 0. The van der Waals surface area contributed by atoms with Crippen molar-refractivity contribution in [1.82, 2.24) is 5.32 Å². The molecule has 0 spiro atoms. The molecule has 6 atom stereocenters. The smallest absolute Gasteiger partial charge is 0.309 e. The van der Waals surface area contributed by atoms with E-state index in [9.17, 15) is 30.0 Å². The Labute approximate surface area is 150 Å². The fourth-order valence-electron chi connectivity index (χ4n) is 2.18. The maximum Gasteiger partial charge on any atom is 0.309 e. The van der Waals surface area contributed by atoms with Crippen LogP contribution in [0.2, 0.25) is 0 Å². The van der Waals surface area contributed by atoms with Crippen LogP contribution < -0.4 is 5.32 Å². The van der Waals surface area contributed by atoms with Crippen molar-refractivity contribution in [3.8, 4) is 0 Å². The van der Waals surface area contributed by atoms with Gasteiger partial charge in [0.25, 0.3) is 0 Å². The standard InChI is InChI=1S/C15H27NO10/c1-15(2,6-18)12(23)13(24)16-4-3-8(19)26-14-11(22)10(21)9(20)7(5-17)25-14/h7,9-12,14,17-18,20-23H,3-6H2,1-2H3,(H,16,24)/t7-,9-,10+,11-,12+,14?/m1/s1. The zero-order chi connectivity index (χ0) is 20.1. The Bertz CT molecular complexity index is 483. The summed E-state index contributed by atoms with van der Waals surface area (Å²) in [7, 11) is 0. The number of ether oxygens (including phenoxy) is 2. The number of hydrogen-bond donors (Lipinski definition) is 7. The molecule has 0 aromatic carbocycles. The first kappa shape index (κ1) is 22.7. The van der Waals surface area contributed by atoms with Crippen molar-refractivity contribution in [3.05, 3.63) is 0 Å². The van der Waals surface area contributed by atoms with Crippen molar-refractivity contribution in [2.45, 2.75) is 57.1 Å². The Balaban J connectivity index is 2.46. The van der Waals surface area contributed by atoms with Crippen LogP contribution in [0.5, 0.6) is 0 Å². The lowest BCUT2D eigenvalue weighted by molar-refractivity contribution is -0.292. The van der Waals surface area contributed by atoms with Gasteiger partial charge in [-0.25, -0.2) is 0 Å². The molecule has 1 rings (SSSR count). The number of amides is 1. The molecule has 0 bridgehead atoms. The number of aliphatic hydroxyl groups excluding tert-OH is 6. The Morgan fingerprint density at radius 3 is 2.31 bits per heavy atom. The van der Waals surface area contributed by atoms with Crippen molar-refractivity contribution < 1.29 is 49.7 Å². The van der Waals surface area contributed by atoms with Gasteiger partial charge in [-0.05, 0) is 0 Å². The monoisotopic (exact) mass is 381 g/mol. The third-order valence-corrected chi connectivity index (χ3v) is 4.12. The van der Waals surface area contributed by atoms with Gasteiger partial charge in [-0.2, -0.15) is 0 Å². The molecule has 0 aromatic heterocycles. The van der Waals surface area contributed by atoms with Gasteiger partial charge in [0.2, 0.25) is 12.2 Å². The second kappa shape index (κ2) is 9.55. The van der Waals surface area contributed by atoms with Crippen LogP contribution in [0.4, 0.5) is 0 Å². The van der Waals surface area contributed by atoms with Crippen molar-refractivity contribution >= 4 is 11.9 Å². The lowest BCUT2D eigenvalue weighted by atomic mass is 9.87. The molecule has 1 amide bonds. The van der Waals surface area contributed by atoms with Gasteiger partial charge < -0.3 is 45.4 Å². The highest BCUT2D eigenvalue weighted by atomic mass is 16.7. The van der Waals surface area contributed by atoms with Gasteiger partial charge >= 0.3 is 5.97 Å². The first-order chi connectivity index (χ1) is 12.0. The summed E-state index contributed by atoms with van der Waals surface area (Å²) in [5.74, 6) is -1.66. The summed E-state index contributed by atoms with van der Waals surface area (Å²) in [5.41, 5.74) is -1.05. The van der Waals surface area contributed by atoms with Crippen molar-refractivity contribution in [3.63, 3.8) is 0 Å². The molecule has 11 nitrogen and oxygen atoms in total. The predicted molar refractivity (Wildman–Crippen MR) is 84.4 cm³/mol.